The van der Waals surface area contributed by atoms with E-state index in [1.807, 2.05) is 0 Å². The van der Waals surface area contributed by atoms with Crippen LogP contribution in [0.4, 0.5) is 19.2 Å². The molecule has 2 fully saturated rings. The van der Waals surface area contributed by atoms with Crippen molar-refractivity contribution in [3.8, 4) is 5.75 Å². The molecule has 0 amide bonds. The summed E-state index contributed by atoms with van der Waals surface area (Å²) in [6, 6.07) is 6.05. The second-order valence-corrected chi connectivity index (χ2v) is 16.2. The number of esters is 2. The quantitative estimate of drug-likeness (QED) is 0.124. The summed E-state index contributed by atoms with van der Waals surface area (Å²) in [6.45, 7) is 14.5. The third-order valence-corrected chi connectivity index (χ3v) is 7.77. The summed E-state index contributed by atoms with van der Waals surface area (Å²) >= 11 is 0. The molecule has 1 spiro atoms. The van der Waals surface area contributed by atoms with Crippen molar-refractivity contribution in [3.05, 3.63) is 59.6 Å². The Morgan fingerprint density at radius 3 is 1.83 bits per heavy atom. The molecule has 2 aliphatic heterocycles. The number of hydrogen-bond acceptors (Lipinski definition) is 19. The van der Waals surface area contributed by atoms with Gasteiger partial charge in [0.05, 0.1) is 7.11 Å². The number of benzene rings is 1. The van der Waals surface area contributed by atoms with E-state index in [1.54, 1.807) is 74.4 Å². The van der Waals surface area contributed by atoms with Gasteiger partial charge in [0.15, 0.2) is 41.7 Å². The summed E-state index contributed by atoms with van der Waals surface area (Å²) in [5, 5.41) is 0. The van der Waals surface area contributed by atoms with Crippen molar-refractivity contribution in [1.29, 1.82) is 0 Å². The van der Waals surface area contributed by atoms with E-state index in [2.05, 4.69) is 0 Å². The van der Waals surface area contributed by atoms with E-state index in [1.165, 1.54) is 25.1 Å². The molecule has 0 N–H and O–H groups in total. The molecule has 0 radical (unpaired) electrons. The summed E-state index contributed by atoms with van der Waals surface area (Å²) in [4.78, 5) is 90.6. The molecule has 4 rings (SSSR count). The highest BCUT2D eigenvalue weighted by molar-refractivity contribution is 6.02. The highest BCUT2D eigenvalue weighted by atomic mass is 16.8. The third kappa shape index (κ3) is 12.4. The van der Waals surface area contributed by atoms with Crippen LogP contribution in [0.1, 0.15) is 74.8 Å². The number of ether oxygens (including phenoxy) is 12. The number of hydrogen-bond donors (Lipinski definition) is 0. The van der Waals surface area contributed by atoms with Gasteiger partial charge >= 0.3 is 36.6 Å². The molecule has 2 saturated heterocycles. The standard InChI is InChI=1S/C40H48O19/c1-21(41)50-24-15-12-22(13-16-24)14-17-28(43)52-27-19-23(42)18-26(48-11)40(27)32-31(55-36(47)59-40)30(54-35(46)58-39(8,9)10)29(53-34(45)57-38(5,6)7)25(51-32)20-49-33(44)56-37(2,3)4/h12-19,25,29-32H,20H2,1-11H3/b17-14+/t25-,29+,30?,31?,32+,40-/m0/s1. The van der Waals surface area contributed by atoms with Gasteiger partial charge in [0.2, 0.25) is 0 Å². The first-order valence-corrected chi connectivity index (χ1v) is 18.2. The van der Waals surface area contributed by atoms with Crippen LogP contribution in [-0.2, 0) is 66.5 Å². The number of carbonyl (C=O) groups is 7. The van der Waals surface area contributed by atoms with Crippen LogP contribution in [0.25, 0.3) is 6.08 Å². The van der Waals surface area contributed by atoms with Crippen LogP contribution in [0.15, 0.2) is 54.0 Å². The zero-order valence-electron chi connectivity index (χ0n) is 34.5. The Morgan fingerprint density at radius 2 is 1.29 bits per heavy atom. The Bertz CT molecular complexity index is 1890. The topological polar surface area (TPSA) is 230 Å². The fourth-order valence-electron chi connectivity index (χ4n) is 5.76. The van der Waals surface area contributed by atoms with E-state index in [-0.39, 0.29) is 5.75 Å². The van der Waals surface area contributed by atoms with Gasteiger partial charge < -0.3 is 56.8 Å². The van der Waals surface area contributed by atoms with Gasteiger partial charge in [-0.05, 0) is 86.1 Å². The van der Waals surface area contributed by atoms with Gasteiger partial charge in [-0.15, -0.1) is 0 Å². The molecule has 19 heteroatoms. The molecule has 59 heavy (non-hydrogen) atoms. The predicted molar refractivity (Wildman–Crippen MR) is 198 cm³/mol. The van der Waals surface area contributed by atoms with E-state index in [0.717, 1.165) is 25.3 Å². The number of methoxy groups -OCH3 is 1. The van der Waals surface area contributed by atoms with Crippen LogP contribution < -0.4 is 4.74 Å². The molecule has 1 aromatic rings. The maximum Gasteiger partial charge on any atom is 0.510 e. The lowest BCUT2D eigenvalue weighted by atomic mass is 9.78. The van der Waals surface area contributed by atoms with Gasteiger partial charge in [-0.25, -0.2) is 24.0 Å². The highest BCUT2D eigenvalue weighted by Crippen LogP contribution is 2.48. The number of allylic oxidation sites excluding steroid dienone is 2. The average Bonchev–Trinajstić information content (AvgIpc) is 3.07. The Balaban J connectivity index is 1.82. The molecule has 0 bridgehead atoms. The van der Waals surface area contributed by atoms with Crippen molar-refractivity contribution in [2.75, 3.05) is 13.7 Å². The van der Waals surface area contributed by atoms with Crippen LogP contribution in [0, 0.1) is 0 Å². The number of fused-ring (bicyclic) bond motifs is 2. The molecular formula is C40H48O19. The van der Waals surface area contributed by atoms with Crippen molar-refractivity contribution in [2.24, 2.45) is 0 Å². The molecule has 322 valence electrons. The minimum atomic E-state index is -2.49. The maximum atomic E-state index is 13.5. The second-order valence-electron chi connectivity index (χ2n) is 16.2. The van der Waals surface area contributed by atoms with Crippen molar-refractivity contribution in [3.63, 3.8) is 0 Å². The molecule has 0 aromatic heterocycles. The average molecular weight is 833 g/mol. The first kappa shape index (κ1) is 45.6. The summed E-state index contributed by atoms with van der Waals surface area (Å²) in [7, 11) is 1.12. The maximum absolute atomic E-state index is 13.5. The Hall–Kier alpha value is -6.11. The van der Waals surface area contributed by atoms with Crippen LogP contribution in [0.2, 0.25) is 0 Å². The SMILES string of the molecule is COC1=CC(=O)C=C(OC(=O)/C=C/c2ccc(OC(C)=O)cc2)[C@@]12OC(=O)OC1C(OC(=O)OC(C)(C)C)[C@H](OC(=O)OC(C)(C)C)[C@H](COC(=O)OC(C)(C)C)O[C@H]12. The molecule has 19 nitrogen and oxygen atoms in total. The molecular weight excluding hydrogens is 784 g/mol. The fourth-order valence-corrected chi connectivity index (χ4v) is 5.76. The van der Waals surface area contributed by atoms with E-state index in [9.17, 15) is 33.6 Å². The van der Waals surface area contributed by atoms with E-state index in [0.29, 0.717) is 5.56 Å². The summed E-state index contributed by atoms with van der Waals surface area (Å²) in [6.07, 6.45) is -10.1. The van der Waals surface area contributed by atoms with Crippen LogP contribution in [-0.4, -0.2) is 109 Å². The first-order valence-electron chi connectivity index (χ1n) is 18.2. The molecule has 6 atom stereocenters. The molecule has 2 unspecified atom stereocenters. The minimum Gasteiger partial charge on any atom is -0.496 e. The van der Waals surface area contributed by atoms with Crippen LogP contribution in [0.3, 0.4) is 0 Å². The monoisotopic (exact) mass is 832 g/mol. The first-order chi connectivity index (χ1) is 27.3. The number of ketones is 1. The normalized spacial score (nSPS) is 24.2. The van der Waals surface area contributed by atoms with Gasteiger partial charge in [0.25, 0.3) is 5.60 Å². The van der Waals surface area contributed by atoms with Crippen LogP contribution in [0.5, 0.6) is 5.75 Å². The van der Waals surface area contributed by atoms with Gasteiger partial charge in [0.1, 0.15) is 35.3 Å². The molecule has 1 aliphatic carbocycles. The Kier molecular flexibility index (Phi) is 13.8. The smallest absolute Gasteiger partial charge is 0.496 e. The lowest BCUT2D eigenvalue weighted by Crippen LogP contribution is -2.72. The largest absolute Gasteiger partial charge is 0.510 e. The lowest BCUT2D eigenvalue weighted by Gasteiger charge is -2.52. The van der Waals surface area contributed by atoms with Crippen LogP contribution >= 0.6 is 0 Å². The number of rotatable bonds is 9. The molecule has 1 aromatic carbocycles. The van der Waals surface area contributed by atoms with Crippen molar-refractivity contribution in [1.82, 2.24) is 0 Å². The van der Waals surface area contributed by atoms with Gasteiger partial charge in [-0.2, -0.15) is 0 Å². The van der Waals surface area contributed by atoms with E-state index in [4.69, 9.17) is 56.8 Å². The third-order valence-electron chi connectivity index (χ3n) is 7.77. The minimum absolute atomic E-state index is 0.259. The highest BCUT2D eigenvalue weighted by Gasteiger charge is 2.69. The Labute approximate surface area is 339 Å². The zero-order valence-corrected chi connectivity index (χ0v) is 34.5. The van der Waals surface area contributed by atoms with Gasteiger partial charge in [-0.1, -0.05) is 12.1 Å². The molecule has 2 heterocycles. The number of carbonyl (C=O) groups excluding carboxylic acids is 7. The van der Waals surface area contributed by atoms with E-state index >= 15 is 0 Å². The zero-order chi connectivity index (χ0) is 44.1. The molecule has 0 saturated carbocycles. The van der Waals surface area contributed by atoms with Crippen molar-refractivity contribution >= 4 is 48.4 Å². The predicted octanol–water partition coefficient (Wildman–Crippen LogP) is 5.80. The Morgan fingerprint density at radius 1 is 0.746 bits per heavy atom. The summed E-state index contributed by atoms with van der Waals surface area (Å²) in [5.74, 6) is -3.19. The van der Waals surface area contributed by atoms with Gasteiger partial charge in [-0.3, -0.25) is 9.59 Å². The van der Waals surface area contributed by atoms with E-state index < -0.39 is 113 Å². The fraction of sp³-hybridized carbons (Fsp3) is 0.525. The molecule has 3 aliphatic rings. The summed E-state index contributed by atoms with van der Waals surface area (Å²) in [5.41, 5.74) is -5.23. The lowest BCUT2D eigenvalue weighted by molar-refractivity contribution is -0.295. The van der Waals surface area contributed by atoms with Gasteiger partial charge in [0, 0.05) is 25.2 Å². The second kappa shape index (κ2) is 17.8. The van der Waals surface area contributed by atoms with Crippen molar-refractivity contribution in [2.45, 2.75) is 122 Å². The van der Waals surface area contributed by atoms with Crippen molar-refractivity contribution < 1.29 is 90.4 Å². The summed E-state index contributed by atoms with van der Waals surface area (Å²) < 4.78 is 66.7.